The Bertz CT molecular complexity index is 773. The van der Waals surface area contributed by atoms with Crippen molar-refractivity contribution in [1.82, 2.24) is 15.2 Å². The van der Waals surface area contributed by atoms with Crippen molar-refractivity contribution in [2.45, 2.75) is 25.8 Å². The van der Waals surface area contributed by atoms with Crippen molar-refractivity contribution in [2.75, 3.05) is 19.6 Å². The molecule has 2 saturated heterocycles. The number of Topliss-reactive ketones (excluding diaryl/α,β-unsaturated/α-hetero) is 1. The summed E-state index contributed by atoms with van der Waals surface area (Å²) in [5.74, 6) is 0.606. The minimum absolute atomic E-state index is 0.0189. The molecule has 0 saturated carbocycles. The third-order valence-corrected chi connectivity index (χ3v) is 5.89. The molecule has 2 aliphatic heterocycles. The van der Waals surface area contributed by atoms with E-state index in [4.69, 9.17) is 0 Å². The average Bonchev–Trinajstić information content (AvgIpc) is 3.10. The first-order chi connectivity index (χ1) is 11.1. The van der Waals surface area contributed by atoms with E-state index in [1.165, 1.54) is 24.3 Å². The molecule has 4 heterocycles. The quantitative estimate of drug-likeness (QED) is 0.878. The fourth-order valence-electron chi connectivity index (χ4n) is 3.81. The lowest BCUT2D eigenvalue weighted by atomic mass is 9.97. The van der Waals surface area contributed by atoms with Crippen LogP contribution in [0.4, 0.5) is 0 Å². The predicted molar refractivity (Wildman–Crippen MR) is 90.0 cm³/mol. The van der Waals surface area contributed by atoms with Crippen LogP contribution in [0.1, 0.15) is 40.6 Å². The summed E-state index contributed by atoms with van der Waals surface area (Å²) in [6.07, 6.45) is 3.92. The number of fused-ring (bicyclic) bond motifs is 3. The first kappa shape index (κ1) is 14.8. The summed E-state index contributed by atoms with van der Waals surface area (Å²) in [5, 5.41) is 5.79. The number of carbonyl (C=O) groups excluding carboxylic acids is 2. The van der Waals surface area contributed by atoms with Crippen LogP contribution in [-0.2, 0) is 0 Å². The fraction of sp³-hybridized carbons (Fsp3) is 0.471. The highest BCUT2D eigenvalue weighted by Crippen LogP contribution is 2.29. The van der Waals surface area contributed by atoms with Crippen LogP contribution in [-0.4, -0.2) is 47.3 Å². The molecule has 2 aromatic rings. The fourth-order valence-corrected chi connectivity index (χ4v) is 4.90. The summed E-state index contributed by atoms with van der Waals surface area (Å²) < 4.78 is 0.800. The van der Waals surface area contributed by atoms with Crippen molar-refractivity contribution >= 4 is 33.1 Å². The Hall–Kier alpha value is -1.79. The maximum Gasteiger partial charge on any atom is 0.271 e. The van der Waals surface area contributed by atoms with Gasteiger partial charge in [-0.3, -0.25) is 9.59 Å². The summed E-state index contributed by atoms with van der Waals surface area (Å²) in [7, 11) is 0. The summed E-state index contributed by atoms with van der Waals surface area (Å²) >= 11 is 1.42. The lowest BCUT2D eigenvalue weighted by Gasteiger charge is -2.30. The molecule has 2 bridgehead atoms. The van der Waals surface area contributed by atoms with Gasteiger partial charge in [0.05, 0.1) is 4.70 Å². The van der Waals surface area contributed by atoms with Crippen LogP contribution in [0.2, 0.25) is 0 Å². The Balaban J connectivity index is 1.59. The van der Waals surface area contributed by atoms with Crippen molar-refractivity contribution in [3.8, 4) is 0 Å². The normalized spacial score (nSPS) is 26.4. The van der Waals surface area contributed by atoms with Crippen molar-refractivity contribution in [1.29, 1.82) is 0 Å². The summed E-state index contributed by atoms with van der Waals surface area (Å²) in [5.41, 5.74) is 1.11. The molecular weight excluding hydrogens is 310 g/mol. The van der Waals surface area contributed by atoms with Gasteiger partial charge in [0.25, 0.3) is 5.91 Å². The zero-order chi connectivity index (χ0) is 16.0. The summed E-state index contributed by atoms with van der Waals surface area (Å²) in [4.78, 5) is 31.0. The average molecular weight is 329 g/mol. The van der Waals surface area contributed by atoms with Crippen LogP contribution in [0.15, 0.2) is 17.6 Å². The molecule has 5 nitrogen and oxygen atoms in total. The van der Waals surface area contributed by atoms with E-state index in [-0.39, 0.29) is 17.7 Å². The second kappa shape index (κ2) is 5.69. The molecule has 4 rings (SSSR count). The van der Waals surface area contributed by atoms with E-state index in [1.807, 2.05) is 11.4 Å². The molecule has 1 N–H and O–H groups in total. The van der Waals surface area contributed by atoms with E-state index in [0.29, 0.717) is 17.2 Å². The molecule has 0 radical (unpaired) electrons. The largest absolute Gasteiger partial charge is 0.347 e. The number of hydrogen-bond acceptors (Lipinski definition) is 5. The van der Waals surface area contributed by atoms with Gasteiger partial charge in [0, 0.05) is 41.7 Å². The van der Waals surface area contributed by atoms with Crippen molar-refractivity contribution in [2.24, 2.45) is 5.92 Å². The van der Waals surface area contributed by atoms with Crippen LogP contribution in [0.5, 0.6) is 0 Å². The van der Waals surface area contributed by atoms with Gasteiger partial charge in [-0.05, 0) is 38.3 Å². The number of carbonyl (C=O) groups is 2. The van der Waals surface area contributed by atoms with Gasteiger partial charge in [-0.2, -0.15) is 0 Å². The van der Waals surface area contributed by atoms with E-state index >= 15 is 0 Å². The molecule has 2 aliphatic rings. The maximum absolute atomic E-state index is 12.7. The number of pyridine rings is 1. The molecule has 1 amide bonds. The highest BCUT2D eigenvalue weighted by molar-refractivity contribution is 7.18. The molecular formula is C17H19N3O2S. The Labute approximate surface area is 138 Å². The van der Waals surface area contributed by atoms with Gasteiger partial charge in [0.2, 0.25) is 0 Å². The Morgan fingerprint density at radius 2 is 2.26 bits per heavy atom. The molecule has 0 aromatic carbocycles. The van der Waals surface area contributed by atoms with Gasteiger partial charge in [0.15, 0.2) is 5.78 Å². The van der Waals surface area contributed by atoms with Gasteiger partial charge in [0.1, 0.15) is 5.69 Å². The van der Waals surface area contributed by atoms with Gasteiger partial charge in [-0.15, -0.1) is 11.3 Å². The number of amides is 1. The second-order valence-corrected chi connectivity index (χ2v) is 7.44. The van der Waals surface area contributed by atoms with Crippen LogP contribution in [0.3, 0.4) is 0 Å². The van der Waals surface area contributed by atoms with Crippen LogP contribution in [0, 0.1) is 5.92 Å². The van der Waals surface area contributed by atoms with E-state index in [9.17, 15) is 9.59 Å². The molecule has 23 heavy (non-hydrogen) atoms. The monoisotopic (exact) mass is 329 g/mol. The number of nitrogens with one attached hydrogen (secondary N) is 1. The van der Waals surface area contributed by atoms with Crippen LogP contribution < -0.4 is 5.32 Å². The zero-order valence-electron chi connectivity index (χ0n) is 13.0. The first-order valence-corrected chi connectivity index (χ1v) is 8.90. The lowest BCUT2D eigenvalue weighted by molar-refractivity contribution is 0.0905. The number of thiophene rings is 1. The van der Waals surface area contributed by atoms with Gasteiger partial charge < -0.3 is 10.2 Å². The summed E-state index contributed by atoms with van der Waals surface area (Å²) in [6.45, 7) is 4.81. The molecule has 6 heteroatoms. The smallest absolute Gasteiger partial charge is 0.271 e. The first-order valence-electron chi connectivity index (χ1n) is 8.02. The molecule has 120 valence electrons. The number of aromatic nitrogens is 1. The lowest BCUT2D eigenvalue weighted by Crippen LogP contribution is -2.47. The highest BCUT2D eigenvalue weighted by Gasteiger charge is 2.33. The van der Waals surface area contributed by atoms with Gasteiger partial charge in [-0.1, -0.05) is 0 Å². The number of hydrogen-bond donors (Lipinski definition) is 1. The third-order valence-electron chi connectivity index (χ3n) is 4.89. The second-order valence-electron chi connectivity index (χ2n) is 6.56. The molecule has 0 spiro atoms. The van der Waals surface area contributed by atoms with E-state index in [0.717, 1.165) is 29.6 Å². The van der Waals surface area contributed by atoms with Gasteiger partial charge >= 0.3 is 0 Å². The maximum atomic E-state index is 12.7. The van der Waals surface area contributed by atoms with Crippen molar-refractivity contribution in [3.63, 3.8) is 0 Å². The number of nitrogens with zero attached hydrogens (tertiary/aromatic N) is 2. The number of piperidine rings is 1. The van der Waals surface area contributed by atoms with Crippen molar-refractivity contribution in [3.05, 3.63) is 28.9 Å². The number of rotatable bonds is 3. The summed E-state index contributed by atoms with van der Waals surface area (Å²) in [6, 6.07) is 2.01. The Kier molecular flexibility index (Phi) is 3.66. The van der Waals surface area contributed by atoms with Crippen LogP contribution in [0.25, 0.3) is 10.1 Å². The SMILES string of the molecule is CC(=O)c1csc2c(C(=O)N[C@@H]3C[C@H]4CCN(C4)C3)nccc12. The highest BCUT2D eigenvalue weighted by atomic mass is 32.1. The predicted octanol–water partition coefficient (Wildman–Crippen LogP) is 2.32. The van der Waals surface area contributed by atoms with E-state index < -0.39 is 0 Å². The minimum atomic E-state index is -0.125. The molecule has 2 fully saturated rings. The standard InChI is InChI=1S/C17H19N3O2S/c1-10(21)14-9-23-16-13(14)2-4-18-15(16)17(22)19-12-6-11-3-5-20(7-11)8-12/h2,4,9,11-12H,3,5-8H2,1H3,(H,19,22)/t11-,12-/m1/s1. The zero-order valence-corrected chi connectivity index (χ0v) is 13.9. The molecule has 1 unspecified atom stereocenters. The Morgan fingerprint density at radius 1 is 1.39 bits per heavy atom. The topological polar surface area (TPSA) is 62.3 Å². The van der Waals surface area contributed by atoms with E-state index in [2.05, 4.69) is 15.2 Å². The Morgan fingerprint density at radius 3 is 3.04 bits per heavy atom. The third kappa shape index (κ3) is 2.66. The molecule has 0 aliphatic carbocycles. The van der Waals surface area contributed by atoms with E-state index in [1.54, 1.807) is 13.1 Å². The number of ketones is 1. The van der Waals surface area contributed by atoms with Crippen molar-refractivity contribution < 1.29 is 9.59 Å². The molecule has 3 atom stereocenters. The van der Waals surface area contributed by atoms with Gasteiger partial charge in [-0.25, -0.2) is 4.98 Å². The molecule has 2 aromatic heterocycles. The minimum Gasteiger partial charge on any atom is -0.347 e. The van der Waals surface area contributed by atoms with Crippen LogP contribution >= 0.6 is 11.3 Å².